The van der Waals surface area contributed by atoms with Gasteiger partial charge in [0.05, 0.1) is 13.0 Å². The number of benzene rings is 1. The fraction of sp³-hybridized carbons (Fsp3) is 0.600. The fourth-order valence-electron chi connectivity index (χ4n) is 4.43. The molecule has 1 aromatic carbocycles. The first-order valence-corrected chi connectivity index (χ1v) is 9.72. The number of hydrogen-bond acceptors (Lipinski definition) is 3. The average molecular weight is 432 g/mol. The summed E-state index contributed by atoms with van der Waals surface area (Å²) in [6.07, 6.45) is -6.65. The number of fused-ring (bicyclic) bond motifs is 1. The Morgan fingerprint density at radius 1 is 1.10 bits per heavy atom. The number of Topliss-reactive ketones (excluding diaryl/α,β-unsaturated/α-hetero) is 1. The number of ketones is 1. The van der Waals surface area contributed by atoms with E-state index in [9.17, 15) is 31.5 Å². The van der Waals surface area contributed by atoms with Gasteiger partial charge in [-0.2, -0.15) is 13.2 Å². The van der Waals surface area contributed by atoms with Crippen LogP contribution in [0.1, 0.15) is 23.5 Å². The Morgan fingerprint density at radius 3 is 2.40 bits per heavy atom. The third-order valence-corrected chi connectivity index (χ3v) is 5.89. The molecule has 1 aromatic rings. The Morgan fingerprint density at radius 2 is 1.77 bits per heavy atom. The van der Waals surface area contributed by atoms with E-state index in [0.29, 0.717) is 13.1 Å². The lowest BCUT2D eigenvalue weighted by Gasteiger charge is -2.48. The number of piperidine rings is 1. The Bertz CT molecular complexity index is 821. The van der Waals surface area contributed by atoms with Crippen molar-refractivity contribution in [2.75, 3.05) is 32.8 Å². The number of alkyl halides is 5. The number of nitrogens with zero attached hydrogens (tertiary/aromatic N) is 2. The minimum atomic E-state index is -4.27. The van der Waals surface area contributed by atoms with Gasteiger partial charge in [0.1, 0.15) is 12.7 Å². The van der Waals surface area contributed by atoms with Crippen LogP contribution < -0.4 is 0 Å². The molecule has 0 spiro atoms. The molecule has 4 rings (SSSR count). The zero-order valence-corrected chi connectivity index (χ0v) is 16.0. The summed E-state index contributed by atoms with van der Waals surface area (Å²) in [5.74, 6) is -4.25. The van der Waals surface area contributed by atoms with Crippen molar-refractivity contribution in [2.24, 2.45) is 5.92 Å². The van der Waals surface area contributed by atoms with Crippen molar-refractivity contribution in [3.63, 3.8) is 0 Å². The van der Waals surface area contributed by atoms with E-state index in [2.05, 4.69) is 0 Å². The summed E-state index contributed by atoms with van der Waals surface area (Å²) in [6.45, 7) is -0.418. The van der Waals surface area contributed by atoms with E-state index in [1.807, 2.05) is 0 Å². The number of halogens is 5. The highest BCUT2D eigenvalue weighted by Crippen LogP contribution is 2.38. The quantitative estimate of drug-likeness (QED) is 0.675. The van der Waals surface area contributed by atoms with Gasteiger partial charge >= 0.3 is 12.2 Å². The van der Waals surface area contributed by atoms with E-state index in [1.54, 1.807) is 12.1 Å². The molecule has 0 radical (unpaired) electrons. The van der Waals surface area contributed by atoms with Crippen molar-refractivity contribution < 1.29 is 36.3 Å². The van der Waals surface area contributed by atoms with Crippen LogP contribution in [0.5, 0.6) is 0 Å². The van der Waals surface area contributed by atoms with Crippen molar-refractivity contribution in [2.45, 2.75) is 37.0 Å². The molecule has 164 valence electrons. The normalized spacial score (nSPS) is 26.9. The third-order valence-electron chi connectivity index (χ3n) is 5.89. The maximum Gasteiger partial charge on any atom is 0.393 e. The molecule has 3 fully saturated rings. The van der Waals surface area contributed by atoms with Crippen molar-refractivity contribution in [3.05, 3.63) is 35.4 Å². The largest absolute Gasteiger partial charge is 0.393 e. The van der Waals surface area contributed by atoms with Gasteiger partial charge in [-0.05, 0) is 11.1 Å². The summed E-state index contributed by atoms with van der Waals surface area (Å²) in [5.41, 5.74) is 0.966. The summed E-state index contributed by atoms with van der Waals surface area (Å²) < 4.78 is 71.2. The molecule has 10 heteroatoms. The fourth-order valence-corrected chi connectivity index (χ4v) is 4.43. The minimum Gasteiger partial charge on any atom is -0.364 e. The maximum absolute atomic E-state index is 14.4. The number of carbonyl (C=O) groups excluding carboxylic acids is 2. The topological polar surface area (TPSA) is 49.9 Å². The monoisotopic (exact) mass is 432 g/mol. The number of likely N-dealkylation sites (tertiary alicyclic amines) is 2. The van der Waals surface area contributed by atoms with Crippen molar-refractivity contribution in [1.82, 2.24) is 9.80 Å². The van der Waals surface area contributed by atoms with E-state index in [0.717, 1.165) is 10.5 Å². The smallest absolute Gasteiger partial charge is 0.364 e. The number of ether oxygens (including phenoxy) is 1. The minimum absolute atomic E-state index is 0.0308. The first-order chi connectivity index (χ1) is 14.0. The van der Waals surface area contributed by atoms with Gasteiger partial charge in [-0.15, -0.1) is 0 Å². The first kappa shape index (κ1) is 21.0. The lowest BCUT2D eigenvalue weighted by molar-refractivity contribution is -0.204. The van der Waals surface area contributed by atoms with Crippen molar-refractivity contribution in [1.29, 1.82) is 0 Å². The number of urea groups is 1. The van der Waals surface area contributed by atoms with Crippen molar-refractivity contribution >= 4 is 11.8 Å². The van der Waals surface area contributed by atoms with Crippen LogP contribution >= 0.6 is 0 Å². The first-order valence-electron chi connectivity index (χ1n) is 9.72. The highest BCUT2D eigenvalue weighted by molar-refractivity contribution is 5.81. The number of amides is 2. The van der Waals surface area contributed by atoms with Crippen LogP contribution in [0.15, 0.2) is 24.3 Å². The third kappa shape index (κ3) is 4.28. The molecule has 3 aliphatic heterocycles. The Balaban J connectivity index is 1.34. The zero-order chi connectivity index (χ0) is 21.7. The molecule has 2 amide bonds. The molecule has 0 unspecified atom stereocenters. The summed E-state index contributed by atoms with van der Waals surface area (Å²) in [6, 6.07) is 5.53. The SMILES string of the molecule is O=C1CO[C@H]2[C@@H](C1)CN(C(=O)N1CC(c3ccc(CC(F)(F)F)cc3)C1)CC2(F)F. The van der Waals surface area contributed by atoms with Crippen LogP contribution in [-0.4, -0.2) is 72.6 Å². The van der Waals surface area contributed by atoms with Crippen LogP contribution in [0.25, 0.3) is 0 Å². The van der Waals surface area contributed by atoms with E-state index < -0.39 is 43.1 Å². The van der Waals surface area contributed by atoms with Crippen LogP contribution in [0.3, 0.4) is 0 Å². The number of carbonyl (C=O) groups is 2. The summed E-state index contributed by atoms with van der Waals surface area (Å²) in [5, 5.41) is 0. The Labute approximate surface area is 169 Å². The molecule has 3 heterocycles. The zero-order valence-electron chi connectivity index (χ0n) is 16.0. The standard InChI is InChI=1S/C20H21F5N2O3/c21-19(22)11-27(7-14-5-16(28)10-30-17(14)19)18(29)26-8-15(9-26)13-3-1-12(2-4-13)6-20(23,24)25/h1-4,14-15,17H,5-11H2/t14-,17-/m0/s1. The average Bonchev–Trinajstić information content (AvgIpc) is 2.59. The molecule has 0 saturated carbocycles. The molecule has 30 heavy (non-hydrogen) atoms. The molecular weight excluding hydrogens is 411 g/mol. The molecule has 0 N–H and O–H groups in total. The second-order valence-electron chi connectivity index (χ2n) is 8.29. The van der Waals surface area contributed by atoms with E-state index in [4.69, 9.17) is 4.74 Å². The summed E-state index contributed by atoms with van der Waals surface area (Å²) in [7, 11) is 0. The highest BCUT2D eigenvalue weighted by Gasteiger charge is 2.54. The molecule has 0 aromatic heterocycles. The van der Waals surface area contributed by atoms with Gasteiger partial charge in [-0.25, -0.2) is 13.6 Å². The highest BCUT2D eigenvalue weighted by atomic mass is 19.4. The van der Waals surface area contributed by atoms with Gasteiger partial charge in [0.15, 0.2) is 5.78 Å². The second kappa shape index (κ2) is 7.47. The summed E-state index contributed by atoms with van der Waals surface area (Å²) >= 11 is 0. The van der Waals surface area contributed by atoms with Crippen LogP contribution in [0, 0.1) is 5.92 Å². The van der Waals surface area contributed by atoms with Gasteiger partial charge in [0.2, 0.25) is 0 Å². The van der Waals surface area contributed by atoms with Crippen molar-refractivity contribution in [3.8, 4) is 0 Å². The molecule has 2 atom stereocenters. The number of rotatable bonds is 2. The van der Waals surface area contributed by atoms with Gasteiger partial charge in [0, 0.05) is 37.9 Å². The predicted octanol–water partition coefficient (Wildman–Crippen LogP) is 3.24. The van der Waals surface area contributed by atoms with Crippen LogP contribution in [-0.2, 0) is 16.0 Å². The van der Waals surface area contributed by atoms with Gasteiger partial charge in [0.25, 0.3) is 5.92 Å². The van der Waals surface area contributed by atoms with Crippen LogP contribution in [0.4, 0.5) is 26.7 Å². The van der Waals surface area contributed by atoms with E-state index in [-0.39, 0.29) is 36.8 Å². The van der Waals surface area contributed by atoms with Gasteiger partial charge in [-0.3, -0.25) is 4.79 Å². The molecule has 3 aliphatic rings. The molecular formula is C20H21F5N2O3. The van der Waals surface area contributed by atoms with Crippen LogP contribution in [0.2, 0.25) is 0 Å². The Hall–Kier alpha value is -2.23. The Kier molecular flexibility index (Phi) is 5.24. The van der Waals surface area contributed by atoms with Gasteiger partial charge in [-0.1, -0.05) is 24.3 Å². The van der Waals surface area contributed by atoms with Gasteiger partial charge < -0.3 is 14.5 Å². The maximum atomic E-state index is 14.4. The summed E-state index contributed by atoms with van der Waals surface area (Å²) in [4.78, 5) is 26.8. The molecule has 0 aliphatic carbocycles. The second-order valence-corrected chi connectivity index (χ2v) is 8.29. The molecule has 0 bridgehead atoms. The molecule has 3 saturated heterocycles. The number of hydrogen-bond donors (Lipinski definition) is 0. The predicted molar refractivity (Wildman–Crippen MR) is 95.3 cm³/mol. The van der Waals surface area contributed by atoms with E-state index >= 15 is 0 Å². The molecule has 5 nitrogen and oxygen atoms in total. The lowest BCUT2D eigenvalue weighted by atomic mass is 9.85. The van der Waals surface area contributed by atoms with E-state index in [1.165, 1.54) is 17.0 Å². The lowest BCUT2D eigenvalue weighted by Crippen LogP contribution is -2.64.